The highest BCUT2D eigenvalue weighted by Crippen LogP contribution is 2.19. The first kappa shape index (κ1) is 16.5. The van der Waals surface area contributed by atoms with E-state index < -0.39 is 6.10 Å². The molecule has 0 aliphatic heterocycles. The molecule has 4 heteroatoms. The molecule has 0 aromatic heterocycles. The largest absolute Gasteiger partial charge is 0.494 e. The van der Waals surface area contributed by atoms with E-state index in [9.17, 15) is 9.90 Å². The van der Waals surface area contributed by atoms with Crippen LogP contribution in [0.1, 0.15) is 51.2 Å². The quantitative estimate of drug-likeness (QED) is 0.557. The summed E-state index contributed by atoms with van der Waals surface area (Å²) in [7, 11) is 0. The van der Waals surface area contributed by atoms with Gasteiger partial charge < -0.3 is 14.6 Å². The van der Waals surface area contributed by atoms with Crippen LogP contribution in [0.15, 0.2) is 24.3 Å². The molecule has 0 fully saturated rings. The zero-order valence-electron chi connectivity index (χ0n) is 12.3. The number of hydrogen-bond donors (Lipinski definition) is 1. The SMILES string of the molecule is CCOC(=O)CCCCCOc1cccc([C@H](C)O)c1. The molecular formula is C16H24O4. The fraction of sp³-hybridized carbons (Fsp3) is 0.562. The van der Waals surface area contributed by atoms with Gasteiger partial charge in [0.1, 0.15) is 5.75 Å². The van der Waals surface area contributed by atoms with E-state index in [0.717, 1.165) is 30.6 Å². The summed E-state index contributed by atoms with van der Waals surface area (Å²) in [4.78, 5) is 11.1. The number of rotatable bonds is 9. The summed E-state index contributed by atoms with van der Waals surface area (Å²) < 4.78 is 10.5. The van der Waals surface area contributed by atoms with Gasteiger partial charge in [-0.05, 0) is 50.8 Å². The van der Waals surface area contributed by atoms with Gasteiger partial charge in [0, 0.05) is 6.42 Å². The zero-order valence-corrected chi connectivity index (χ0v) is 12.3. The van der Waals surface area contributed by atoms with Crippen molar-refractivity contribution in [3.8, 4) is 5.75 Å². The maximum absolute atomic E-state index is 11.1. The molecule has 0 saturated carbocycles. The van der Waals surface area contributed by atoms with E-state index in [0.29, 0.717) is 19.6 Å². The third-order valence-corrected chi connectivity index (χ3v) is 2.94. The number of unbranched alkanes of at least 4 members (excludes halogenated alkanes) is 2. The minimum absolute atomic E-state index is 0.127. The predicted octanol–water partition coefficient (Wildman–Crippen LogP) is 3.24. The fourth-order valence-electron chi connectivity index (χ4n) is 1.84. The molecule has 0 saturated heterocycles. The Balaban J connectivity index is 2.15. The lowest BCUT2D eigenvalue weighted by atomic mass is 10.1. The average Bonchev–Trinajstić information content (AvgIpc) is 2.43. The van der Waals surface area contributed by atoms with Crippen LogP contribution in [-0.2, 0) is 9.53 Å². The van der Waals surface area contributed by atoms with Crippen LogP contribution in [0.25, 0.3) is 0 Å². The zero-order chi connectivity index (χ0) is 14.8. The second-order valence-corrected chi connectivity index (χ2v) is 4.71. The van der Waals surface area contributed by atoms with Crippen LogP contribution >= 0.6 is 0 Å². The maximum Gasteiger partial charge on any atom is 0.305 e. The van der Waals surface area contributed by atoms with Gasteiger partial charge in [-0.2, -0.15) is 0 Å². The van der Waals surface area contributed by atoms with Gasteiger partial charge in [0.05, 0.1) is 19.3 Å². The Bertz CT molecular complexity index is 401. The normalized spacial score (nSPS) is 11.9. The van der Waals surface area contributed by atoms with Gasteiger partial charge in [0.2, 0.25) is 0 Å². The molecule has 4 nitrogen and oxygen atoms in total. The predicted molar refractivity (Wildman–Crippen MR) is 77.7 cm³/mol. The molecule has 0 radical (unpaired) electrons. The highest BCUT2D eigenvalue weighted by atomic mass is 16.5. The molecule has 1 rings (SSSR count). The van der Waals surface area contributed by atoms with Gasteiger partial charge in [-0.1, -0.05) is 12.1 Å². The molecule has 112 valence electrons. The van der Waals surface area contributed by atoms with Crippen molar-refractivity contribution in [3.63, 3.8) is 0 Å². The Labute approximate surface area is 120 Å². The molecule has 1 atom stereocenters. The second-order valence-electron chi connectivity index (χ2n) is 4.71. The standard InChI is InChI=1S/C16H24O4/c1-3-19-16(18)10-5-4-6-11-20-15-9-7-8-14(12-15)13(2)17/h7-9,12-13,17H,3-6,10-11H2,1-2H3/t13-/m0/s1. The number of benzene rings is 1. The van der Waals surface area contributed by atoms with E-state index in [1.807, 2.05) is 31.2 Å². The first-order valence-corrected chi connectivity index (χ1v) is 7.20. The van der Waals surface area contributed by atoms with Crippen molar-refractivity contribution < 1.29 is 19.4 Å². The van der Waals surface area contributed by atoms with E-state index in [1.165, 1.54) is 0 Å². The lowest BCUT2D eigenvalue weighted by Crippen LogP contribution is -2.04. The summed E-state index contributed by atoms with van der Waals surface area (Å²) >= 11 is 0. The summed E-state index contributed by atoms with van der Waals surface area (Å²) in [5, 5.41) is 9.49. The van der Waals surface area contributed by atoms with Crippen LogP contribution in [0, 0.1) is 0 Å². The van der Waals surface area contributed by atoms with Gasteiger partial charge in [-0.3, -0.25) is 4.79 Å². The van der Waals surface area contributed by atoms with E-state index in [1.54, 1.807) is 6.92 Å². The molecular weight excluding hydrogens is 256 g/mol. The van der Waals surface area contributed by atoms with Crippen molar-refractivity contribution in [2.75, 3.05) is 13.2 Å². The lowest BCUT2D eigenvalue weighted by Gasteiger charge is -2.09. The first-order chi connectivity index (χ1) is 9.63. The summed E-state index contributed by atoms with van der Waals surface area (Å²) in [6.45, 7) is 4.61. The third kappa shape index (κ3) is 6.57. The van der Waals surface area contributed by atoms with Crippen LogP contribution in [0.4, 0.5) is 0 Å². The minimum atomic E-state index is -0.483. The monoisotopic (exact) mass is 280 g/mol. The fourth-order valence-corrected chi connectivity index (χ4v) is 1.84. The van der Waals surface area contributed by atoms with Gasteiger partial charge in [0.15, 0.2) is 0 Å². The minimum Gasteiger partial charge on any atom is -0.494 e. The number of ether oxygens (including phenoxy) is 2. The summed E-state index contributed by atoms with van der Waals surface area (Å²) in [6.07, 6.45) is 2.66. The number of hydrogen-bond acceptors (Lipinski definition) is 4. The number of carbonyl (C=O) groups excluding carboxylic acids is 1. The van der Waals surface area contributed by atoms with Crippen molar-refractivity contribution in [1.29, 1.82) is 0 Å². The van der Waals surface area contributed by atoms with E-state index in [2.05, 4.69) is 0 Å². The third-order valence-electron chi connectivity index (χ3n) is 2.94. The molecule has 0 aliphatic rings. The number of aliphatic hydroxyl groups excluding tert-OH is 1. The summed E-state index contributed by atoms with van der Waals surface area (Å²) in [5.41, 5.74) is 0.852. The Hall–Kier alpha value is -1.55. The van der Waals surface area contributed by atoms with Crippen molar-refractivity contribution >= 4 is 5.97 Å². The molecule has 1 N–H and O–H groups in total. The molecule has 0 spiro atoms. The van der Waals surface area contributed by atoms with Gasteiger partial charge >= 0.3 is 5.97 Å². The Morgan fingerprint density at radius 3 is 2.80 bits per heavy atom. The van der Waals surface area contributed by atoms with Crippen molar-refractivity contribution in [2.45, 2.75) is 45.6 Å². The Morgan fingerprint density at radius 2 is 2.10 bits per heavy atom. The van der Waals surface area contributed by atoms with Crippen LogP contribution in [0.3, 0.4) is 0 Å². The molecule has 1 aromatic carbocycles. The van der Waals surface area contributed by atoms with Gasteiger partial charge in [-0.25, -0.2) is 0 Å². The highest BCUT2D eigenvalue weighted by Gasteiger charge is 2.03. The van der Waals surface area contributed by atoms with Crippen LogP contribution < -0.4 is 4.74 Å². The summed E-state index contributed by atoms with van der Waals surface area (Å²) in [6, 6.07) is 7.47. The highest BCUT2D eigenvalue weighted by molar-refractivity contribution is 5.69. The molecule has 0 aliphatic carbocycles. The number of aliphatic hydroxyl groups is 1. The van der Waals surface area contributed by atoms with Crippen molar-refractivity contribution in [2.24, 2.45) is 0 Å². The topological polar surface area (TPSA) is 55.8 Å². The van der Waals surface area contributed by atoms with E-state index in [-0.39, 0.29) is 5.97 Å². The van der Waals surface area contributed by atoms with E-state index >= 15 is 0 Å². The van der Waals surface area contributed by atoms with Crippen LogP contribution in [-0.4, -0.2) is 24.3 Å². The number of carbonyl (C=O) groups is 1. The van der Waals surface area contributed by atoms with Crippen LogP contribution in [0.5, 0.6) is 5.75 Å². The van der Waals surface area contributed by atoms with Crippen molar-refractivity contribution in [3.05, 3.63) is 29.8 Å². The van der Waals surface area contributed by atoms with Gasteiger partial charge in [0.25, 0.3) is 0 Å². The molecule has 0 amide bonds. The van der Waals surface area contributed by atoms with Crippen LogP contribution in [0.2, 0.25) is 0 Å². The Morgan fingerprint density at radius 1 is 1.30 bits per heavy atom. The maximum atomic E-state index is 11.1. The number of esters is 1. The second kappa shape index (κ2) is 9.37. The molecule has 20 heavy (non-hydrogen) atoms. The molecule has 1 aromatic rings. The average molecular weight is 280 g/mol. The molecule has 0 unspecified atom stereocenters. The Kier molecular flexibility index (Phi) is 7.73. The first-order valence-electron chi connectivity index (χ1n) is 7.20. The summed E-state index contributed by atoms with van der Waals surface area (Å²) in [5.74, 6) is 0.645. The van der Waals surface area contributed by atoms with Gasteiger partial charge in [-0.15, -0.1) is 0 Å². The lowest BCUT2D eigenvalue weighted by molar-refractivity contribution is -0.143. The van der Waals surface area contributed by atoms with Crippen molar-refractivity contribution in [1.82, 2.24) is 0 Å². The smallest absolute Gasteiger partial charge is 0.305 e. The van der Waals surface area contributed by atoms with E-state index in [4.69, 9.17) is 9.47 Å². The molecule has 0 bridgehead atoms. The molecule has 0 heterocycles.